The van der Waals surface area contributed by atoms with E-state index in [2.05, 4.69) is 106 Å². The Morgan fingerprint density at radius 3 is 2.39 bits per heavy atom. The first-order valence-corrected chi connectivity index (χ1v) is 15.6. The summed E-state index contributed by atoms with van der Waals surface area (Å²) in [5.41, 5.74) is 12.8. The second-order valence-corrected chi connectivity index (χ2v) is 11.7. The number of aliphatic imine (C=N–C) groups is 1. The summed E-state index contributed by atoms with van der Waals surface area (Å²) < 4.78 is 0. The molecule has 2 aromatic carbocycles. The van der Waals surface area contributed by atoms with Crippen LogP contribution in [0.15, 0.2) is 70.0 Å². The van der Waals surface area contributed by atoms with Crippen LogP contribution < -0.4 is 5.32 Å². The smallest absolute Gasteiger partial charge is 0.239 e. The molecule has 1 aliphatic carbocycles. The number of likely N-dealkylation sites (N-methyl/N-ethyl adjacent to an activating group) is 1. The predicted molar refractivity (Wildman–Crippen MR) is 172 cm³/mol. The number of piperazine rings is 1. The van der Waals surface area contributed by atoms with Gasteiger partial charge in [-0.2, -0.15) is 0 Å². The fourth-order valence-corrected chi connectivity index (χ4v) is 6.70. The minimum atomic E-state index is 0.0911. The van der Waals surface area contributed by atoms with E-state index < -0.39 is 0 Å². The molecule has 0 unspecified atom stereocenters. The van der Waals surface area contributed by atoms with Crippen molar-refractivity contribution >= 4 is 11.6 Å². The van der Waals surface area contributed by atoms with Crippen molar-refractivity contribution in [3.63, 3.8) is 0 Å². The minimum Gasteiger partial charge on any atom is -0.360 e. The van der Waals surface area contributed by atoms with Gasteiger partial charge in [-0.3, -0.25) is 14.7 Å². The molecule has 0 bridgehead atoms. The van der Waals surface area contributed by atoms with Crippen LogP contribution in [0.3, 0.4) is 0 Å². The van der Waals surface area contributed by atoms with Gasteiger partial charge in [-0.25, -0.2) is 0 Å². The van der Waals surface area contributed by atoms with E-state index in [4.69, 9.17) is 4.99 Å². The van der Waals surface area contributed by atoms with E-state index in [1.165, 1.54) is 51.1 Å². The lowest BCUT2D eigenvalue weighted by molar-refractivity contribution is -0.123. The van der Waals surface area contributed by atoms with E-state index in [9.17, 15) is 4.79 Å². The van der Waals surface area contributed by atoms with Crippen molar-refractivity contribution in [3.8, 4) is 0 Å². The molecule has 5 nitrogen and oxygen atoms in total. The summed E-state index contributed by atoms with van der Waals surface area (Å²) in [6, 6.07) is 16.0. The Balaban J connectivity index is 1.84. The van der Waals surface area contributed by atoms with Crippen molar-refractivity contribution in [2.24, 2.45) is 4.99 Å². The summed E-state index contributed by atoms with van der Waals surface area (Å²) >= 11 is 0. The fraction of sp³-hybridized carbons (Fsp3) is 0.500. The molecule has 2 aromatic rings. The normalized spacial score (nSPS) is 19.0. The zero-order valence-electron chi connectivity index (χ0n) is 26.4. The molecule has 1 fully saturated rings. The Hall–Kier alpha value is -3.18. The molecular formula is C36H50N4O. The van der Waals surface area contributed by atoms with Gasteiger partial charge >= 0.3 is 0 Å². The predicted octanol–water partition coefficient (Wildman–Crippen LogP) is 7.02. The molecular weight excluding hydrogens is 504 g/mol. The summed E-state index contributed by atoms with van der Waals surface area (Å²) in [6.07, 6.45) is 6.42. The van der Waals surface area contributed by atoms with Gasteiger partial charge in [-0.05, 0) is 94.2 Å². The molecule has 1 amide bonds. The lowest BCUT2D eigenvalue weighted by atomic mass is 9.86. The molecule has 0 saturated carbocycles. The molecule has 1 N–H and O–H groups in total. The summed E-state index contributed by atoms with van der Waals surface area (Å²) in [6.45, 7) is 15.9. The molecule has 1 aliphatic heterocycles. The van der Waals surface area contributed by atoms with Crippen molar-refractivity contribution in [2.75, 3.05) is 33.2 Å². The van der Waals surface area contributed by atoms with E-state index >= 15 is 0 Å². The SMILES string of the molecule is CCC(C)=C(/C(CN(C)[C@H]1CCCc2ccccc21)=C(/C)N=C(C)c1c(CC)cccc1CC)N1CCNC(=O)C1. The van der Waals surface area contributed by atoms with Gasteiger partial charge < -0.3 is 10.2 Å². The molecule has 0 radical (unpaired) electrons. The molecule has 1 atom stereocenters. The van der Waals surface area contributed by atoms with E-state index in [0.29, 0.717) is 19.1 Å². The van der Waals surface area contributed by atoms with Crippen LogP contribution in [0.2, 0.25) is 0 Å². The minimum absolute atomic E-state index is 0.0911. The number of allylic oxidation sites excluding steroid dienone is 2. The molecule has 2 aliphatic rings. The number of hydrogen-bond donors (Lipinski definition) is 1. The molecule has 0 spiro atoms. The van der Waals surface area contributed by atoms with Crippen LogP contribution in [-0.4, -0.2) is 54.6 Å². The van der Waals surface area contributed by atoms with Gasteiger partial charge in [0.15, 0.2) is 0 Å². The lowest BCUT2D eigenvalue weighted by Crippen LogP contribution is -2.48. The first kappa shape index (κ1) is 30.8. The monoisotopic (exact) mass is 554 g/mol. The molecule has 1 heterocycles. The molecule has 0 aromatic heterocycles. The third-order valence-electron chi connectivity index (χ3n) is 8.99. The number of hydrogen-bond acceptors (Lipinski definition) is 4. The Bertz CT molecular complexity index is 1310. The van der Waals surface area contributed by atoms with Crippen LogP contribution >= 0.6 is 0 Å². The average Bonchev–Trinajstić information content (AvgIpc) is 2.99. The van der Waals surface area contributed by atoms with Crippen molar-refractivity contribution in [2.45, 2.75) is 86.1 Å². The highest BCUT2D eigenvalue weighted by Gasteiger charge is 2.28. The largest absolute Gasteiger partial charge is 0.360 e. The van der Waals surface area contributed by atoms with Crippen molar-refractivity contribution < 1.29 is 4.79 Å². The van der Waals surface area contributed by atoms with Gasteiger partial charge in [0.25, 0.3) is 0 Å². The molecule has 1 saturated heterocycles. The third-order valence-corrected chi connectivity index (χ3v) is 8.99. The maximum atomic E-state index is 12.6. The number of carbonyl (C=O) groups excluding carboxylic acids is 1. The Morgan fingerprint density at radius 2 is 1.73 bits per heavy atom. The number of carbonyl (C=O) groups is 1. The number of benzene rings is 2. The second kappa shape index (κ2) is 14.1. The van der Waals surface area contributed by atoms with E-state index in [0.717, 1.165) is 56.6 Å². The molecule has 41 heavy (non-hydrogen) atoms. The number of amides is 1. The standard InChI is InChI=1S/C36H50N4O/c1-8-25(4)36(40-22-21-37-34(41)24-40)32(23-39(7)33-20-14-18-30-15-11-12-19-31(30)33)26(5)38-27(6)35-28(9-2)16-13-17-29(35)10-3/h11-13,15-17,19,33H,8-10,14,18,20-24H2,1-7H3,(H,37,41)/b32-26-,36-25?,38-27?/t33-/m0/s1. The van der Waals surface area contributed by atoms with Gasteiger partial charge in [0.05, 0.1) is 6.54 Å². The summed E-state index contributed by atoms with van der Waals surface area (Å²) in [7, 11) is 2.26. The van der Waals surface area contributed by atoms with Crippen LogP contribution in [0.4, 0.5) is 0 Å². The van der Waals surface area contributed by atoms with Gasteiger partial charge in [0, 0.05) is 53.9 Å². The highest BCUT2D eigenvalue weighted by molar-refractivity contribution is 6.02. The van der Waals surface area contributed by atoms with Crippen LogP contribution in [0.25, 0.3) is 0 Å². The summed E-state index contributed by atoms with van der Waals surface area (Å²) in [4.78, 5) is 22.7. The number of nitrogens with zero attached hydrogens (tertiary/aromatic N) is 3. The average molecular weight is 555 g/mol. The number of nitrogens with one attached hydrogen (secondary N) is 1. The van der Waals surface area contributed by atoms with Gasteiger partial charge in [-0.1, -0.05) is 63.2 Å². The van der Waals surface area contributed by atoms with Gasteiger partial charge in [-0.15, -0.1) is 0 Å². The summed E-state index contributed by atoms with van der Waals surface area (Å²) in [5, 5.41) is 3.02. The molecule has 220 valence electrons. The van der Waals surface area contributed by atoms with Crippen LogP contribution in [0.5, 0.6) is 0 Å². The van der Waals surface area contributed by atoms with E-state index in [1.54, 1.807) is 0 Å². The number of fused-ring (bicyclic) bond motifs is 1. The van der Waals surface area contributed by atoms with Crippen molar-refractivity contribution in [3.05, 3.63) is 92.8 Å². The Morgan fingerprint density at radius 1 is 1.02 bits per heavy atom. The highest BCUT2D eigenvalue weighted by atomic mass is 16.2. The molecule has 4 rings (SSSR count). The summed E-state index contributed by atoms with van der Waals surface area (Å²) in [5.74, 6) is 0.0911. The first-order chi connectivity index (χ1) is 19.8. The highest BCUT2D eigenvalue weighted by Crippen LogP contribution is 2.36. The number of rotatable bonds is 10. The zero-order valence-corrected chi connectivity index (χ0v) is 26.4. The van der Waals surface area contributed by atoms with Crippen molar-refractivity contribution in [1.29, 1.82) is 0 Å². The molecule has 5 heteroatoms. The van der Waals surface area contributed by atoms with Crippen LogP contribution in [0.1, 0.15) is 94.7 Å². The first-order valence-electron chi connectivity index (χ1n) is 15.6. The van der Waals surface area contributed by atoms with Gasteiger partial charge in [0.2, 0.25) is 5.91 Å². The zero-order chi connectivity index (χ0) is 29.5. The second-order valence-electron chi connectivity index (χ2n) is 11.7. The quantitative estimate of drug-likeness (QED) is 0.254. The topological polar surface area (TPSA) is 47.9 Å². The van der Waals surface area contributed by atoms with Crippen LogP contribution in [0, 0.1) is 0 Å². The maximum absolute atomic E-state index is 12.6. The van der Waals surface area contributed by atoms with Gasteiger partial charge in [0.1, 0.15) is 0 Å². The van der Waals surface area contributed by atoms with Crippen molar-refractivity contribution in [1.82, 2.24) is 15.1 Å². The number of aryl methyl sites for hydroxylation is 3. The maximum Gasteiger partial charge on any atom is 0.239 e. The van der Waals surface area contributed by atoms with E-state index in [-0.39, 0.29) is 5.91 Å². The fourth-order valence-electron chi connectivity index (χ4n) is 6.70. The Kier molecular flexibility index (Phi) is 10.6. The van der Waals surface area contributed by atoms with E-state index in [1.807, 2.05) is 0 Å². The van der Waals surface area contributed by atoms with Crippen LogP contribution in [-0.2, 0) is 24.1 Å². The lowest BCUT2D eigenvalue weighted by Gasteiger charge is -2.38. The third kappa shape index (κ3) is 7.01. The Labute approximate surface area is 248 Å².